The zero-order chi connectivity index (χ0) is 13.0. The number of carbonyl (C=O) groups excluding carboxylic acids is 2. The van der Waals surface area contributed by atoms with Crippen molar-refractivity contribution < 1.29 is 9.59 Å². The number of hydrogen-bond donors (Lipinski definition) is 1. The molecule has 17 heavy (non-hydrogen) atoms. The summed E-state index contributed by atoms with van der Waals surface area (Å²) in [5.74, 6) is 0.181. The number of rotatable bonds is 2. The Morgan fingerprint density at radius 1 is 1.24 bits per heavy atom. The molecule has 1 unspecified atom stereocenters. The third kappa shape index (κ3) is 1.83. The van der Waals surface area contributed by atoms with E-state index in [1.165, 1.54) is 0 Å². The zero-order valence-electron chi connectivity index (χ0n) is 11.3. The molecule has 0 spiro atoms. The fraction of sp³-hybridized carbons (Fsp3) is 0.846. The normalized spacial score (nSPS) is 30.5. The maximum atomic E-state index is 12.5. The molecule has 1 N–H and O–H groups in total. The van der Waals surface area contributed by atoms with E-state index in [-0.39, 0.29) is 29.3 Å². The molecule has 0 aromatic rings. The first-order valence-electron chi connectivity index (χ1n) is 6.35. The van der Waals surface area contributed by atoms with Gasteiger partial charge in [0.15, 0.2) is 0 Å². The van der Waals surface area contributed by atoms with E-state index >= 15 is 0 Å². The molecule has 2 fully saturated rings. The number of hydrogen-bond acceptors (Lipinski definition) is 2. The highest BCUT2D eigenvalue weighted by Crippen LogP contribution is 2.45. The third-order valence-corrected chi connectivity index (χ3v) is 3.92. The van der Waals surface area contributed by atoms with Gasteiger partial charge in [0, 0.05) is 5.54 Å². The first-order chi connectivity index (χ1) is 7.69. The molecule has 0 aromatic heterocycles. The largest absolute Gasteiger partial charge is 0.340 e. The van der Waals surface area contributed by atoms with Crippen LogP contribution in [-0.2, 0) is 9.59 Å². The van der Waals surface area contributed by atoms with Crippen LogP contribution in [0, 0.1) is 5.92 Å². The van der Waals surface area contributed by atoms with E-state index in [1.54, 1.807) is 13.8 Å². The van der Waals surface area contributed by atoms with E-state index < -0.39 is 5.54 Å². The average Bonchev–Trinajstić information content (AvgIpc) is 2.89. The first kappa shape index (κ1) is 12.4. The Morgan fingerprint density at radius 3 is 2.18 bits per heavy atom. The van der Waals surface area contributed by atoms with E-state index in [9.17, 15) is 9.59 Å². The van der Waals surface area contributed by atoms with Crippen LogP contribution in [0.4, 0.5) is 0 Å². The SMILES string of the molecule is CC(C)C1C(=O)NC(C)(C)C(=O)N1C1(C)CC1. The molecule has 2 rings (SSSR count). The highest BCUT2D eigenvalue weighted by molar-refractivity contribution is 6.00. The maximum absolute atomic E-state index is 12.5. The average molecular weight is 238 g/mol. The van der Waals surface area contributed by atoms with Crippen LogP contribution in [0.3, 0.4) is 0 Å². The molecule has 1 saturated carbocycles. The number of nitrogens with zero attached hydrogens (tertiary/aromatic N) is 1. The lowest BCUT2D eigenvalue weighted by Crippen LogP contribution is -2.71. The number of nitrogens with one attached hydrogen (secondary N) is 1. The van der Waals surface area contributed by atoms with Crippen LogP contribution in [0.2, 0.25) is 0 Å². The molecule has 1 atom stereocenters. The molecular weight excluding hydrogens is 216 g/mol. The highest BCUT2D eigenvalue weighted by atomic mass is 16.2. The van der Waals surface area contributed by atoms with E-state index in [4.69, 9.17) is 0 Å². The van der Waals surface area contributed by atoms with Gasteiger partial charge in [0.2, 0.25) is 11.8 Å². The van der Waals surface area contributed by atoms with Crippen LogP contribution in [0.25, 0.3) is 0 Å². The fourth-order valence-corrected chi connectivity index (χ4v) is 2.58. The van der Waals surface area contributed by atoms with E-state index in [1.807, 2.05) is 18.7 Å². The minimum atomic E-state index is -0.770. The van der Waals surface area contributed by atoms with Crippen molar-refractivity contribution in [3.05, 3.63) is 0 Å². The summed E-state index contributed by atoms with van der Waals surface area (Å²) in [6, 6.07) is -0.317. The summed E-state index contributed by atoms with van der Waals surface area (Å²) in [7, 11) is 0. The van der Waals surface area contributed by atoms with Crippen molar-refractivity contribution in [1.82, 2.24) is 10.2 Å². The van der Waals surface area contributed by atoms with Crippen LogP contribution in [0.5, 0.6) is 0 Å². The number of amides is 2. The molecule has 1 aliphatic heterocycles. The summed E-state index contributed by atoms with van der Waals surface area (Å²) in [5.41, 5.74) is -0.866. The summed E-state index contributed by atoms with van der Waals surface area (Å²) in [5, 5.41) is 2.84. The standard InChI is InChI=1S/C13H22N2O2/c1-8(2)9-10(16)14-12(3,4)11(17)15(9)13(5)6-7-13/h8-9H,6-7H2,1-5H3,(H,14,16). The summed E-state index contributed by atoms with van der Waals surface area (Å²) in [6.07, 6.45) is 2.01. The lowest BCUT2D eigenvalue weighted by Gasteiger charge is -2.47. The van der Waals surface area contributed by atoms with Gasteiger partial charge >= 0.3 is 0 Å². The van der Waals surface area contributed by atoms with Gasteiger partial charge in [-0.3, -0.25) is 9.59 Å². The van der Waals surface area contributed by atoms with Crippen molar-refractivity contribution >= 4 is 11.8 Å². The zero-order valence-corrected chi connectivity index (χ0v) is 11.3. The second-order valence-electron chi connectivity index (χ2n) is 6.48. The minimum absolute atomic E-state index is 0.0160. The van der Waals surface area contributed by atoms with Gasteiger partial charge in [-0.05, 0) is 39.5 Å². The smallest absolute Gasteiger partial charge is 0.248 e. The van der Waals surface area contributed by atoms with Crippen LogP contribution in [-0.4, -0.2) is 33.8 Å². The van der Waals surface area contributed by atoms with Gasteiger partial charge in [-0.2, -0.15) is 0 Å². The first-order valence-corrected chi connectivity index (χ1v) is 6.35. The fourth-order valence-electron chi connectivity index (χ4n) is 2.58. The summed E-state index contributed by atoms with van der Waals surface area (Å²) < 4.78 is 0. The Morgan fingerprint density at radius 2 is 1.76 bits per heavy atom. The minimum Gasteiger partial charge on any atom is -0.340 e. The molecule has 96 valence electrons. The summed E-state index contributed by atoms with van der Waals surface area (Å²) >= 11 is 0. The van der Waals surface area contributed by atoms with E-state index in [2.05, 4.69) is 12.2 Å². The molecule has 0 radical (unpaired) electrons. The van der Waals surface area contributed by atoms with E-state index in [0.29, 0.717) is 0 Å². The summed E-state index contributed by atoms with van der Waals surface area (Å²) in [6.45, 7) is 9.63. The molecule has 4 heteroatoms. The Hall–Kier alpha value is -1.06. The molecule has 2 aliphatic rings. The monoisotopic (exact) mass is 238 g/mol. The lowest BCUT2D eigenvalue weighted by atomic mass is 9.89. The summed E-state index contributed by atoms with van der Waals surface area (Å²) in [4.78, 5) is 26.5. The van der Waals surface area contributed by atoms with E-state index in [0.717, 1.165) is 12.8 Å². The van der Waals surface area contributed by atoms with Crippen LogP contribution < -0.4 is 5.32 Å². The Labute approximate surface area is 103 Å². The van der Waals surface area contributed by atoms with Gasteiger partial charge in [0.1, 0.15) is 11.6 Å². The predicted octanol–water partition coefficient (Wildman–Crippen LogP) is 1.30. The van der Waals surface area contributed by atoms with Crippen LogP contribution in [0.1, 0.15) is 47.5 Å². The van der Waals surface area contributed by atoms with Crippen molar-refractivity contribution in [2.24, 2.45) is 5.92 Å². The van der Waals surface area contributed by atoms with Gasteiger partial charge in [0.05, 0.1) is 0 Å². The van der Waals surface area contributed by atoms with Crippen molar-refractivity contribution in [3.8, 4) is 0 Å². The van der Waals surface area contributed by atoms with Gasteiger partial charge in [0.25, 0.3) is 0 Å². The quantitative estimate of drug-likeness (QED) is 0.788. The molecule has 0 aromatic carbocycles. The molecule has 1 aliphatic carbocycles. The molecule has 1 saturated heterocycles. The third-order valence-electron chi connectivity index (χ3n) is 3.92. The second kappa shape index (κ2) is 3.47. The Bertz CT molecular complexity index is 370. The van der Waals surface area contributed by atoms with Gasteiger partial charge in [-0.1, -0.05) is 13.8 Å². The van der Waals surface area contributed by atoms with Crippen molar-refractivity contribution in [3.63, 3.8) is 0 Å². The van der Waals surface area contributed by atoms with Crippen molar-refractivity contribution in [1.29, 1.82) is 0 Å². The number of piperazine rings is 1. The predicted molar refractivity (Wildman–Crippen MR) is 65.3 cm³/mol. The van der Waals surface area contributed by atoms with Gasteiger partial charge < -0.3 is 10.2 Å². The van der Waals surface area contributed by atoms with Crippen LogP contribution >= 0.6 is 0 Å². The maximum Gasteiger partial charge on any atom is 0.248 e. The van der Waals surface area contributed by atoms with Crippen molar-refractivity contribution in [2.45, 2.75) is 64.6 Å². The lowest BCUT2D eigenvalue weighted by molar-refractivity contribution is -0.159. The van der Waals surface area contributed by atoms with Gasteiger partial charge in [-0.15, -0.1) is 0 Å². The Kier molecular flexibility index (Phi) is 2.53. The molecule has 0 bridgehead atoms. The van der Waals surface area contributed by atoms with Crippen LogP contribution in [0.15, 0.2) is 0 Å². The molecular formula is C13H22N2O2. The molecule has 2 amide bonds. The topological polar surface area (TPSA) is 49.4 Å². The highest BCUT2D eigenvalue weighted by Gasteiger charge is 2.56. The molecule has 4 nitrogen and oxygen atoms in total. The number of carbonyl (C=O) groups is 2. The molecule has 1 heterocycles. The van der Waals surface area contributed by atoms with Gasteiger partial charge in [-0.25, -0.2) is 0 Å². The Balaban J connectivity index is 2.39. The van der Waals surface area contributed by atoms with Crippen molar-refractivity contribution in [2.75, 3.05) is 0 Å². The second-order valence-corrected chi connectivity index (χ2v) is 6.48.